The molecule has 7 aromatic carbocycles. The number of fused-ring (bicyclic) bond motifs is 3. The van der Waals surface area contributed by atoms with Gasteiger partial charge in [-0.25, -0.2) is 0 Å². The fourth-order valence-electron chi connectivity index (χ4n) is 6.59. The van der Waals surface area contributed by atoms with Crippen molar-refractivity contribution in [3.05, 3.63) is 169 Å². The van der Waals surface area contributed by atoms with E-state index in [9.17, 15) is 0 Å². The minimum Gasteiger partial charge on any atom is -0.380 e. The molecule has 1 N–H and O–H groups in total. The predicted molar refractivity (Wildman–Crippen MR) is 184 cm³/mol. The van der Waals surface area contributed by atoms with Crippen molar-refractivity contribution >= 4 is 32.3 Å². The third-order valence-corrected chi connectivity index (χ3v) is 8.79. The average Bonchev–Trinajstić information content (AvgIpc) is 3.07. The van der Waals surface area contributed by atoms with Crippen molar-refractivity contribution < 1.29 is 0 Å². The lowest BCUT2D eigenvalue weighted by atomic mass is 9.85. The van der Waals surface area contributed by atoms with Crippen LogP contribution in [0.5, 0.6) is 0 Å². The highest BCUT2D eigenvalue weighted by Crippen LogP contribution is 2.44. The topological polar surface area (TPSA) is 12.0 Å². The summed E-state index contributed by atoms with van der Waals surface area (Å²) < 4.78 is 0. The summed E-state index contributed by atoms with van der Waals surface area (Å²) in [6.07, 6.45) is 6.48. The van der Waals surface area contributed by atoms with Gasteiger partial charge in [0.2, 0.25) is 0 Å². The lowest BCUT2D eigenvalue weighted by molar-refractivity contribution is 0.739. The minimum atomic E-state index is 0.222. The van der Waals surface area contributed by atoms with Gasteiger partial charge in [-0.05, 0) is 89.8 Å². The molecule has 1 nitrogen and oxygen atoms in total. The monoisotopic (exact) mass is 549 g/mol. The van der Waals surface area contributed by atoms with Crippen LogP contribution < -0.4 is 5.32 Å². The third kappa shape index (κ3) is 4.51. The fourth-order valence-corrected chi connectivity index (χ4v) is 6.59. The molecule has 1 heteroatoms. The van der Waals surface area contributed by atoms with Gasteiger partial charge in [0, 0.05) is 6.20 Å². The maximum absolute atomic E-state index is 3.47. The highest BCUT2D eigenvalue weighted by Gasteiger charge is 2.17. The molecule has 0 bridgehead atoms. The van der Waals surface area contributed by atoms with Crippen LogP contribution in [0, 0.1) is 0 Å². The van der Waals surface area contributed by atoms with Crippen LogP contribution in [0.2, 0.25) is 0 Å². The summed E-state index contributed by atoms with van der Waals surface area (Å²) in [6, 6.07) is 51.4. The van der Waals surface area contributed by atoms with Crippen molar-refractivity contribution in [2.75, 3.05) is 0 Å². The summed E-state index contributed by atoms with van der Waals surface area (Å²) >= 11 is 0. The zero-order valence-electron chi connectivity index (χ0n) is 24.1. The Morgan fingerprint density at radius 3 is 1.53 bits per heavy atom. The van der Waals surface area contributed by atoms with E-state index in [1.54, 1.807) is 0 Å². The van der Waals surface area contributed by atoms with Gasteiger partial charge in [0.15, 0.2) is 0 Å². The summed E-state index contributed by atoms with van der Waals surface area (Å²) in [6.45, 7) is 2.11. The van der Waals surface area contributed by atoms with E-state index in [1.807, 2.05) is 0 Å². The number of rotatable bonds is 4. The lowest BCUT2D eigenvalue weighted by Crippen LogP contribution is -2.16. The van der Waals surface area contributed by atoms with Crippen molar-refractivity contribution in [2.24, 2.45) is 0 Å². The molecule has 1 aliphatic heterocycles. The third-order valence-electron chi connectivity index (χ3n) is 8.79. The molecule has 204 valence electrons. The molecular formula is C42H31N. The molecule has 1 heterocycles. The first-order chi connectivity index (χ1) is 21.2. The van der Waals surface area contributed by atoms with Crippen molar-refractivity contribution in [1.29, 1.82) is 0 Å². The zero-order valence-corrected chi connectivity index (χ0v) is 24.1. The molecule has 0 radical (unpaired) electrons. The number of hydrogen-bond donors (Lipinski definition) is 1. The molecule has 1 aliphatic rings. The molecule has 0 aliphatic carbocycles. The van der Waals surface area contributed by atoms with Gasteiger partial charge in [0.25, 0.3) is 0 Å². The van der Waals surface area contributed by atoms with Crippen LogP contribution in [0.4, 0.5) is 0 Å². The van der Waals surface area contributed by atoms with Crippen LogP contribution in [-0.4, -0.2) is 0 Å². The Kier molecular flexibility index (Phi) is 6.16. The van der Waals surface area contributed by atoms with Crippen LogP contribution in [0.3, 0.4) is 0 Å². The van der Waals surface area contributed by atoms with Crippen molar-refractivity contribution in [3.63, 3.8) is 0 Å². The van der Waals surface area contributed by atoms with Gasteiger partial charge in [-0.3, -0.25) is 0 Å². The highest BCUT2D eigenvalue weighted by atomic mass is 14.9. The van der Waals surface area contributed by atoms with Gasteiger partial charge in [0.1, 0.15) is 0 Å². The summed E-state index contributed by atoms with van der Waals surface area (Å²) in [5, 5.41) is 11.1. The maximum Gasteiger partial charge on any atom is 0.0695 e. The first-order valence-corrected chi connectivity index (χ1v) is 15.0. The van der Waals surface area contributed by atoms with Gasteiger partial charge < -0.3 is 5.32 Å². The molecule has 0 aromatic heterocycles. The fraction of sp³-hybridized carbons (Fsp3) is 0.0476. The summed E-state index contributed by atoms with van der Waals surface area (Å²) in [5.41, 5.74) is 10.0. The summed E-state index contributed by atoms with van der Waals surface area (Å²) in [4.78, 5) is 0. The Bertz CT molecular complexity index is 2140. The largest absolute Gasteiger partial charge is 0.380 e. The molecule has 8 rings (SSSR count). The zero-order chi connectivity index (χ0) is 28.8. The van der Waals surface area contributed by atoms with Crippen molar-refractivity contribution in [2.45, 2.75) is 13.0 Å². The molecule has 1 atom stereocenters. The molecule has 7 aromatic rings. The standard InChI is InChI=1S/C42H31N/c1-28-14-25-40(43-27-28)32-20-15-30(16-21-32)31-17-22-33(23-18-31)41-36-10-4-6-12-38(36)42(39-13-7-5-11-37(39)41)35-24-19-29-8-2-3-9-34(29)26-35/h2-27,40,43H,1H3. The Morgan fingerprint density at radius 1 is 0.465 bits per heavy atom. The van der Waals surface area contributed by atoms with Gasteiger partial charge in [-0.2, -0.15) is 0 Å². The highest BCUT2D eigenvalue weighted by molar-refractivity contribution is 6.21. The molecule has 43 heavy (non-hydrogen) atoms. The van der Waals surface area contributed by atoms with Gasteiger partial charge >= 0.3 is 0 Å². The summed E-state index contributed by atoms with van der Waals surface area (Å²) in [5.74, 6) is 0. The van der Waals surface area contributed by atoms with Crippen LogP contribution in [-0.2, 0) is 0 Å². The van der Waals surface area contributed by atoms with Gasteiger partial charge in [-0.1, -0.05) is 146 Å². The van der Waals surface area contributed by atoms with Crippen molar-refractivity contribution in [3.8, 4) is 33.4 Å². The van der Waals surface area contributed by atoms with E-state index in [0.29, 0.717) is 0 Å². The molecule has 0 saturated carbocycles. The van der Waals surface area contributed by atoms with E-state index in [2.05, 4.69) is 170 Å². The quantitative estimate of drug-likeness (QED) is 0.215. The van der Waals surface area contributed by atoms with Crippen LogP contribution in [0.1, 0.15) is 18.5 Å². The molecule has 0 spiro atoms. The number of hydrogen-bond acceptors (Lipinski definition) is 1. The maximum atomic E-state index is 3.47. The molecule has 1 unspecified atom stereocenters. The number of dihydropyridines is 1. The van der Waals surface area contributed by atoms with Crippen LogP contribution in [0.25, 0.3) is 65.7 Å². The molecule has 0 amide bonds. The van der Waals surface area contributed by atoms with Crippen LogP contribution >= 0.6 is 0 Å². The average molecular weight is 550 g/mol. The van der Waals surface area contributed by atoms with E-state index in [0.717, 1.165) is 0 Å². The molecular weight excluding hydrogens is 518 g/mol. The van der Waals surface area contributed by atoms with Gasteiger partial charge in [-0.15, -0.1) is 0 Å². The first-order valence-electron chi connectivity index (χ1n) is 15.0. The van der Waals surface area contributed by atoms with E-state index in [-0.39, 0.29) is 6.04 Å². The second-order valence-corrected chi connectivity index (χ2v) is 11.5. The van der Waals surface area contributed by atoms with E-state index in [1.165, 1.54) is 76.8 Å². The summed E-state index contributed by atoms with van der Waals surface area (Å²) in [7, 11) is 0. The Balaban J connectivity index is 1.23. The number of benzene rings is 7. The smallest absolute Gasteiger partial charge is 0.0695 e. The van der Waals surface area contributed by atoms with Crippen molar-refractivity contribution in [1.82, 2.24) is 5.32 Å². The normalized spacial score (nSPS) is 14.6. The molecule has 0 saturated heterocycles. The second-order valence-electron chi connectivity index (χ2n) is 11.5. The number of allylic oxidation sites excluding steroid dienone is 2. The van der Waals surface area contributed by atoms with E-state index < -0.39 is 0 Å². The van der Waals surface area contributed by atoms with Gasteiger partial charge in [0.05, 0.1) is 6.04 Å². The second kappa shape index (κ2) is 10.5. The van der Waals surface area contributed by atoms with Crippen LogP contribution in [0.15, 0.2) is 163 Å². The Labute approximate surface area is 252 Å². The number of nitrogens with one attached hydrogen (secondary N) is 1. The van der Waals surface area contributed by atoms with E-state index in [4.69, 9.17) is 0 Å². The Morgan fingerprint density at radius 2 is 0.953 bits per heavy atom. The lowest BCUT2D eigenvalue weighted by Gasteiger charge is -2.19. The Hall–Kier alpha value is -5.40. The first kappa shape index (κ1) is 25.3. The predicted octanol–water partition coefficient (Wildman–Crippen LogP) is 11.3. The van der Waals surface area contributed by atoms with E-state index >= 15 is 0 Å². The SMILES string of the molecule is CC1=CNC(c2ccc(-c3ccc(-c4c5ccccc5c(-c5ccc6ccccc6c5)c5ccccc45)cc3)cc2)C=C1. The molecule has 0 fully saturated rings. The minimum absolute atomic E-state index is 0.222.